The second kappa shape index (κ2) is 6.35. The number of rotatable bonds is 4. The molecule has 0 aliphatic carbocycles. The highest BCUT2D eigenvalue weighted by Crippen LogP contribution is 2.46. The minimum atomic E-state index is -3.99. The first-order valence-electron chi connectivity index (χ1n) is 8.71. The Labute approximate surface area is 158 Å². The SMILES string of the molecule is Cc1ccc(S(=O)(=O)[C@@]2(Cc3ccccc3)C(=O)Nc3ccccc32)cc1. The number of fused-ring (bicyclic) bond motifs is 1. The van der Waals surface area contributed by atoms with Crippen molar-refractivity contribution in [1.29, 1.82) is 0 Å². The number of carbonyl (C=O) groups excluding carboxylic acids is 1. The first-order chi connectivity index (χ1) is 12.9. The van der Waals surface area contributed by atoms with Crippen molar-refractivity contribution in [2.45, 2.75) is 23.0 Å². The average molecular weight is 377 g/mol. The molecule has 1 atom stereocenters. The number of anilines is 1. The molecular weight excluding hydrogens is 358 g/mol. The van der Waals surface area contributed by atoms with Gasteiger partial charge in [-0.05, 0) is 30.7 Å². The van der Waals surface area contributed by atoms with Gasteiger partial charge in [0.25, 0.3) is 5.91 Å². The van der Waals surface area contributed by atoms with Crippen molar-refractivity contribution >= 4 is 21.4 Å². The number of hydrogen-bond donors (Lipinski definition) is 1. The normalized spacial score (nSPS) is 18.8. The molecule has 0 aromatic heterocycles. The van der Waals surface area contributed by atoms with E-state index in [4.69, 9.17) is 0 Å². The van der Waals surface area contributed by atoms with Crippen molar-refractivity contribution in [2.75, 3.05) is 5.32 Å². The van der Waals surface area contributed by atoms with Gasteiger partial charge in [0.2, 0.25) is 0 Å². The van der Waals surface area contributed by atoms with Crippen molar-refractivity contribution in [3.05, 3.63) is 95.6 Å². The van der Waals surface area contributed by atoms with Gasteiger partial charge in [0.05, 0.1) is 4.90 Å². The summed E-state index contributed by atoms with van der Waals surface area (Å²) < 4.78 is 25.9. The zero-order valence-electron chi connectivity index (χ0n) is 14.8. The smallest absolute Gasteiger partial charge is 0.251 e. The highest BCUT2D eigenvalue weighted by molar-refractivity contribution is 7.93. The summed E-state index contributed by atoms with van der Waals surface area (Å²) in [5.41, 5.74) is 2.80. The Balaban J connectivity index is 1.97. The van der Waals surface area contributed by atoms with Crippen LogP contribution in [0.3, 0.4) is 0 Å². The first kappa shape index (κ1) is 17.5. The van der Waals surface area contributed by atoms with E-state index in [1.54, 1.807) is 48.5 Å². The summed E-state index contributed by atoms with van der Waals surface area (Å²) in [6.07, 6.45) is 0.0763. The van der Waals surface area contributed by atoms with E-state index in [0.29, 0.717) is 11.3 Å². The second-order valence-corrected chi connectivity index (χ2v) is 8.98. The number of para-hydroxylation sites is 1. The van der Waals surface area contributed by atoms with Crippen molar-refractivity contribution < 1.29 is 13.2 Å². The first-order valence-corrected chi connectivity index (χ1v) is 10.2. The third kappa shape index (κ3) is 2.66. The average Bonchev–Trinajstić information content (AvgIpc) is 2.96. The molecule has 5 heteroatoms. The van der Waals surface area contributed by atoms with Gasteiger partial charge in [-0.2, -0.15) is 0 Å². The third-order valence-corrected chi connectivity index (χ3v) is 7.42. The van der Waals surface area contributed by atoms with Gasteiger partial charge in [-0.1, -0.05) is 66.2 Å². The van der Waals surface area contributed by atoms with Gasteiger partial charge in [-0.15, -0.1) is 0 Å². The Kier molecular flexibility index (Phi) is 4.12. The van der Waals surface area contributed by atoms with Crippen LogP contribution in [0.5, 0.6) is 0 Å². The standard InChI is InChI=1S/C22H19NO3S/c1-16-11-13-18(14-12-16)27(25,26)22(15-17-7-3-2-4-8-17)19-9-5-6-10-20(19)23-21(22)24/h2-14H,15H2,1H3,(H,23,24)/t22-/m1/s1. The molecular formula is C22H19NO3S. The topological polar surface area (TPSA) is 63.2 Å². The fraction of sp³-hybridized carbons (Fsp3) is 0.136. The van der Waals surface area contributed by atoms with Gasteiger partial charge >= 0.3 is 0 Å². The number of aryl methyl sites for hydroxylation is 1. The fourth-order valence-corrected chi connectivity index (χ4v) is 5.65. The monoisotopic (exact) mass is 377 g/mol. The number of hydrogen-bond acceptors (Lipinski definition) is 3. The lowest BCUT2D eigenvalue weighted by molar-refractivity contribution is -0.118. The van der Waals surface area contributed by atoms with Crippen molar-refractivity contribution in [1.82, 2.24) is 0 Å². The van der Waals surface area contributed by atoms with Crippen LogP contribution < -0.4 is 5.32 Å². The summed E-state index contributed by atoms with van der Waals surface area (Å²) in [7, 11) is -3.99. The quantitative estimate of drug-likeness (QED) is 0.751. The molecule has 136 valence electrons. The van der Waals surface area contributed by atoms with Gasteiger partial charge < -0.3 is 5.32 Å². The summed E-state index contributed by atoms with van der Waals surface area (Å²) in [6.45, 7) is 1.90. The molecule has 0 radical (unpaired) electrons. The highest BCUT2D eigenvalue weighted by atomic mass is 32.2. The number of benzene rings is 3. The predicted octanol–water partition coefficient (Wildman–Crippen LogP) is 3.86. The second-order valence-electron chi connectivity index (χ2n) is 6.81. The van der Waals surface area contributed by atoms with Crippen LogP contribution >= 0.6 is 0 Å². The lowest BCUT2D eigenvalue weighted by Crippen LogP contribution is -2.44. The Morgan fingerprint density at radius 2 is 1.48 bits per heavy atom. The molecule has 3 aromatic carbocycles. The molecule has 0 unspecified atom stereocenters. The van der Waals surface area contributed by atoms with Crippen LogP contribution in [-0.2, 0) is 25.8 Å². The Morgan fingerprint density at radius 3 is 2.19 bits per heavy atom. The van der Waals surface area contributed by atoms with Crippen LogP contribution in [0.2, 0.25) is 0 Å². The third-order valence-electron chi connectivity index (χ3n) is 5.06. The largest absolute Gasteiger partial charge is 0.324 e. The van der Waals surface area contributed by atoms with Crippen molar-refractivity contribution in [3.63, 3.8) is 0 Å². The Bertz CT molecular complexity index is 1110. The zero-order valence-corrected chi connectivity index (χ0v) is 15.7. The van der Waals surface area contributed by atoms with E-state index >= 15 is 0 Å². The van der Waals surface area contributed by atoms with Crippen molar-refractivity contribution in [3.8, 4) is 0 Å². The molecule has 1 N–H and O–H groups in total. The molecule has 1 aliphatic rings. The Hall–Kier alpha value is -2.92. The lowest BCUT2D eigenvalue weighted by Gasteiger charge is -2.28. The van der Waals surface area contributed by atoms with E-state index < -0.39 is 20.5 Å². The van der Waals surface area contributed by atoms with E-state index in [-0.39, 0.29) is 11.3 Å². The minimum absolute atomic E-state index is 0.0763. The van der Waals surface area contributed by atoms with Gasteiger partial charge in [0.1, 0.15) is 0 Å². The molecule has 1 amide bonds. The number of sulfone groups is 1. The predicted molar refractivity (Wildman–Crippen MR) is 105 cm³/mol. The molecule has 3 aromatic rings. The minimum Gasteiger partial charge on any atom is -0.324 e. The van der Waals surface area contributed by atoms with Crippen LogP contribution in [-0.4, -0.2) is 14.3 Å². The summed E-state index contributed by atoms with van der Waals surface area (Å²) in [6, 6.07) is 22.9. The summed E-state index contributed by atoms with van der Waals surface area (Å²) in [5, 5.41) is 2.78. The molecule has 4 nitrogen and oxygen atoms in total. The highest BCUT2D eigenvalue weighted by Gasteiger charge is 2.57. The molecule has 4 rings (SSSR count). The number of nitrogens with one attached hydrogen (secondary N) is 1. The number of amides is 1. The molecule has 0 bridgehead atoms. The van der Waals surface area contributed by atoms with Gasteiger partial charge in [0, 0.05) is 17.7 Å². The maximum absolute atomic E-state index is 13.8. The molecule has 1 heterocycles. The maximum atomic E-state index is 13.8. The van der Waals surface area contributed by atoms with Crippen LogP contribution in [0, 0.1) is 6.92 Å². The molecule has 0 spiro atoms. The Morgan fingerprint density at radius 1 is 0.852 bits per heavy atom. The maximum Gasteiger partial charge on any atom is 0.251 e. The van der Waals surface area contributed by atoms with E-state index in [0.717, 1.165) is 11.1 Å². The molecule has 0 saturated carbocycles. The van der Waals surface area contributed by atoms with E-state index in [1.165, 1.54) is 0 Å². The van der Waals surface area contributed by atoms with E-state index in [2.05, 4.69) is 5.32 Å². The molecule has 0 saturated heterocycles. The van der Waals surface area contributed by atoms with Gasteiger partial charge in [-0.3, -0.25) is 4.79 Å². The van der Waals surface area contributed by atoms with Crippen molar-refractivity contribution in [2.24, 2.45) is 0 Å². The molecule has 27 heavy (non-hydrogen) atoms. The summed E-state index contributed by atoms with van der Waals surface area (Å²) in [5.74, 6) is -0.506. The lowest BCUT2D eigenvalue weighted by atomic mass is 9.92. The number of carbonyl (C=O) groups is 1. The van der Waals surface area contributed by atoms with Gasteiger partial charge in [0.15, 0.2) is 14.6 Å². The van der Waals surface area contributed by atoms with Crippen LogP contribution in [0.15, 0.2) is 83.8 Å². The molecule has 1 aliphatic heterocycles. The van der Waals surface area contributed by atoms with Crippen LogP contribution in [0.25, 0.3) is 0 Å². The molecule has 0 fully saturated rings. The van der Waals surface area contributed by atoms with Crippen LogP contribution in [0.1, 0.15) is 16.7 Å². The summed E-state index contributed by atoms with van der Waals surface area (Å²) in [4.78, 5) is 13.3. The zero-order chi connectivity index (χ0) is 19.1. The van der Waals surface area contributed by atoms with E-state index in [1.807, 2.05) is 37.3 Å². The van der Waals surface area contributed by atoms with E-state index in [9.17, 15) is 13.2 Å². The summed E-state index contributed by atoms with van der Waals surface area (Å²) >= 11 is 0. The fourth-order valence-electron chi connectivity index (χ4n) is 3.63. The van der Waals surface area contributed by atoms with Gasteiger partial charge in [-0.25, -0.2) is 8.42 Å². The van der Waals surface area contributed by atoms with Crippen LogP contribution in [0.4, 0.5) is 5.69 Å².